The minimum Gasteiger partial charge on any atom is -0.456 e. The summed E-state index contributed by atoms with van der Waals surface area (Å²) in [5.74, 6) is -0.402. The quantitative estimate of drug-likeness (QED) is 0.237. The summed E-state index contributed by atoms with van der Waals surface area (Å²) >= 11 is 0. The average Bonchev–Trinajstić information content (AvgIpc) is 3.25. The first-order valence-corrected chi connectivity index (χ1v) is 10.4. The summed E-state index contributed by atoms with van der Waals surface area (Å²) in [7, 11) is 0. The number of esters is 1. The molecule has 0 unspecified atom stereocenters. The predicted octanol–water partition coefficient (Wildman–Crippen LogP) is 4.93. The largest absolute Gasteiger partial charge is 0.456 e. The van der Waals surface area contributed by atoms with E-state index in [1.165, 1.54) is 0 Å². The topological polar surface area (TPSA) is 78.6 Å². The first-order valence-electron chi connectivity index (χ1n) is 10.4. The van der Waals surface area contributed by atoms with Gasteiger partial charge in [-0.1, -0.05) is 23.4 Å². The number of hydrogen-bond donors (Lipinski definition) is 0. The fourth-order valence-corrected chi connectivity index (χ4v) is 3.17. The second-order valence-corrected chi connectivity index (χ2v) is 7.60. The van der Waals surface area contributed by atoms with Gasteiger partial charge in [-0.3, -0.25) is 9.55 Å². The predicted molar refractivity (Wildman–Crippen MR) is 123 cm³/mol. The van der Waals surface area contributed by atoms with Gasteiger partial charge in [-0.05, 0) is 63.2 Å². The van der Waals surface area contributed by atoms with Crippen molar-refractivity contribution in [2.75, 3.05) is 0 Å². The number of carbonyl (C=O) groups excluding carboxylic acids is 1. The highest BCUT2D eigenvalue weighted by Crippen LogP contribution is 2.21. The molecule has 0 aliphatic heterocycles. The Morgan fingerprint density at radius 2 is 1.91 bits per heavy atom. The van der Waals surface area contributed by atoms with Gasteiger partial charge in [-0.25, -0.2) is 9.78 Å². The van der Waals surface area contributed by atoms with E-state index in [1.54, 1.807) is 24.7 Å². The van der Waals surface area contributed by atoms with E-state index in [0.717, 1.165) is 28.0 Å². The second-order valence-electron chi connectivity index (χ2n) is 7.60. The van der Waals surface area contributed by atoms with E-state index in [-0.39, 0.29) is 12.7 Å². The monoisotopic (exact) mass is 428 g/mol. The van der Waals surface area contributed by atoms with Crippen LogP contribution in [-0.4, -0.2) is 32.3 Å². The number of aromatic nitrogens is 3. The molecule has 0 saturated carbocycles. The number of imidazole rings is 1. The van der Waals surface area contributed by atoms with Crippen LogP contribution >= 0.6 is 0 Å². The minimum absolute atomic E-state index is 0.0239. The van der Waals surface area contributed by atoms with Crippen LogP contribution in [0.15, 0.2) is 78.3 Å². The molecule has 4 rings (SSSR count). The van der Waals surface area contributed by atoms with Gasteiger partial charge in [0.25, 0.3) is 0 Å². The van der Waals surface area contributed by atoms with Crippen LogP contribution in [0.1, 0.15) is 42.4 Å². The van der Waals surface area contributed by atoms with Crippen molar-refractivity contribution in [3.05, 3.63) is 90.0 Å². The van der Waals surface area contributed by atoms with Crippen LogP contribution in [0.5, 0.6) is 0 Å². The Bertz CT molecular complexity index is 1260. The van der Waals surface area contributed by atoms with E-state index in [0.29, 0.717) is 11.3 Å². The SMILES string of the molecule is C/C(=N\OC(C)C)c1ccc2c(c1)ncn2-c1cccc(C(=O)OCc2ccccn2)c1. The lowest BCUT2D eigenvalue weighted by atomic mass is 10.1. The zero-order valence-electron chi connectivity index (χ0n) is 18.2. The maximum Gasteiger partial charge on any atom is 0.338 e. The summed E-state index contributed by atoms with van der Waals surface area (Å²) in [4.78, 5) is 26.6. The molecular formula is C25H24N4O3. The molecule has 0 bridgehead atoms. The van der Waals surface area contributed by atoms with Crippen LogP contribution in [0.2, 0.25) is 0 Å². The minimum atomic E-state index is -0.402. The van der Waals surface area contributed by atoms with Crippen molar-refractivity contribution in [2.45, 2.75) is 33.5 Å². The van der Waals surface area contributed by atoms with Crippen molar-refractivity contribution in [1.82, 2.24) is 14.5 Å². The third-order valence-corrected chi connectivity index (χ3v) is 4.80. The van der Waals surface area contributed by atoms with E-state index in [1.807, 2.05) is 73.9 Å². The zero-order valence-corrected chi connectivity index (χ0v) is 18.2. The fourth-order valence-electron chi connectivity index (χ4n) is 3.17. The molecule has 0 aliphatic rings. The number of benzene rings is 2. The lowest BCUT2D eigenvalue weighted by Gasteiger charge is -2.08. The Kier molecular flexibility index (Phi) is 6.26. The molecule has 0 amide bonds. The molecule has 2 aromatic heterocycles. The standard InChI is InChI=1S/C25H24N4O3/c1-17(2)32-28-18(3)19-10-11-24-23(14-19)27-16-29(24)22-9-6-7-20(13-22)25(30)31-15-21-8-4-5-12-26-21/h4-14,16-17H,15H2,1-3H3/b28-18+. The average molecular weight is 428 g/mol. The lowest BCUT2D eigenvalue weighted by Crippen LogP contribution is -2.07. The van der Waals surface area contributed by atoms with Crippen molar-refractivity contribution in [3.8, 4) is 5.69 Å². The number of oxime groups is 1. The van der Waals surface area contributed by atoms with Gasteiger partial charge in [0.05, 0.1) is 28.0 Å². The molecule has 32 heavy (non-hydrogen) atoms. The highest BCUT2D eigenvalue weighted by atomic mass is 16.6. The van der Waals surface area contributed by atoms with Gasteiger partial charge in [-0.15, -0.1) is 0 Å². The molecule has 7 nitrogen and oxygen atoms in total. The Labute approximate surface area is 186 Å². The van der Waals surface area contributed by atoms with Gasteiger partial charge >= 0.3 is 5.97 Å². The molecule has 0 fully saturated rings. The molecule has 0 radical (unpaired) electrons. The number of nitrogens with zero attached hydrogens (tertiary/aromatic N) is 4. The highest BCUT2D eigenvalue weighted by Gasteiger charge is 2.12. The summed E-state index contributed by atoms with van der Waals surface area (Å²) in [5, 5.41) is 4.16. The molecular weight excluding hydrogens is 404 g/mol. The normalized spacial score (nSPS) is 11.7. The Morgan fingerprint density at radius 1 is 1.03 bits per heavy atom. The van der Waals surface area contributed by atoms with Crippen LogP contribution in [0, 0.1) is 0 Å². The molecule has 7 heteroatoms. The first kappa shape index (κ1) is 21.2. The van der Waals surface area contributed by atoms with Gasteiger partial charge in [0.1, 0.15) is 19.0 Å². The van der Waals surface area contributed by atoms with Crippen molar-refractivity contribution >= 4 is 22.7 Å². The number of ether oxygens (including phenoxy) is 1. The fraction of sp³-hybridized carbons (Fsp3) is 0.200. The molecule has 0 aliphatic carbocycles. The van der Waals surface area contributed by atoms with E-state index in [2.05, 4.69) is 15.1 Å². The van der Waals surface area contributed by atoms with Crippen molar-refractivity contribution in [2.24, 2.45) is 5.16 Å². The van der Waals surface area contributed by atoms with Crippen LogP contribution in [0.25, 0.3) is 16.7 Å². The van der Waals surface area contributed by atoms with Crippen LogP contribution in [-0.2, 0) is 16.2 Å². The van der Waals surface area contributed by atoms with Gasteiger partial charge < -0.3 is 9.57 Å². The molecule has 0 spiro atoms. The smallest absolute Gasteiger partial charge is 0.338 e. The second kappa shape index (κ2) is 9.43. The van der Waals surface area contributed by atoms with Gasteiger partial charge in [0.2, 0.25) is 0 Å². The highest BCUT2D eigenvalue weighted by molar-refractivity contribution is 6.01. The van der Waals surface area contributed by atoms with Gasteiger partial charge in [0.15, 0.2) is 0 Å². The van der Waals surface area contributed by atoms with Crippen LogP contribution < -0.4 is 0 Å². The summed E-state index contributed by atoms with van der Waals surface area (Å²) in [6, 6.07) is 18.7. The maximum atomic E-state index is 12.5. The number of fused-ring (bicyclic) bond motifs is 1. The summed E-state index contributed by atoms with van der Waals surface area (Å²) in [6.07, 6.45) is 3.43. The van der Waals surface area contributed by atoms with Crippen molar-refractivity contribution < 1.29 is 14.4 Å². The third-order valence-electron chi connectivity index (χ3n) is 4.80. The summed E-state index contributed by atoms with van der Waals surface area (Å²) in [6.45, 7) is 5.90. The summed E-state index contributed by atoms with van der Waals surface area (Å²) in [5.41, 5.74) is 5.45. The third kappa shape index (κ3) is 4.83. The zero-order chi connectivity index (χ0) is 22.5. The van der Waals surface area contributed by atoms with Crippen molar-refractivity contribution in [1.29, 1.82) is 0 Å². The maximum absolute atomic E-state index is 12.5. The lowest BCUT2D eigenvalue weighted by molar-refractivity contribution is 0.0467. The molecule has 0 saturated heterocycles. The molecule has 2 heterocycles. The first-order chi connectivity index (χ1) is 15.5. The Morgan fingerprint density at radius 3 is 2.69 bits per heavy atom. The number of pyridine rings is 1. The molecule has 0 atom stereocenters. The number of hydrogen-bond acceptors (Lipinski definition) is 6. The van der Waals surface area contributed by atoms with Crippen LogP contribution in [0.3, 0.4) is 0 Å². The van der Waals surface area contributed by atoms with Crippen molar-refractivity contribution in [3.63, 3.8) is 0 Å². The Balaban J connectivity index is 1.55. The van der Waals surface area contributed by atoms with Crippen LogP contribution in [0.4, 0.5) is 0 Å². The molecule has 4 aromatic rings. The Hall–Kier alpha value is -4.00. The van der Waals surface area contributed by atoms with E-state index in [4.69, 9.17) is 9.57 Å². The summed E-state index contributed by atoms with van der Waals surface area (Å²) < 4.78 is 7.34. The molecule has 2 aromatic carbocycles. The van der Waals surface area contributed by atoms with Gasteiger partial charge in [-0.2, -0.15) is 0 Å². The van der Waals surface area contributed by atoms with E-state index < -0.39 is 5.97 Å². The van der Waals surface area contributed by atoms with E-state index in [9.17, 15) is 4.79 Å². The number of carbonyl (C=O) groups is 1. The van der Waals surface area contributed by atoms with Gasteiger partial charge in [0, 0.05) is 17.4 Å². The number of rotatable bonds is 7. The van der Waals surface area contributed by atoms with E-state index >= 15 is 0 Å². The molecule has 162 valence electrons. The molecule has 0 N–H and O–H groups in total.